The largest absolute Gasteiger partial charge is 0.490 e. The van der Waals surface area contributed by atoms with E-state index in [2.05, 4.69) is 51.0 Å². The van der Waals surface area contributed by atoms with Crippen LogP contribution in [-0.2, 0) is 11.3 Å². The van der Waals surface area contributed by atoms with E-state index in [0.717, 1.165) is 6.54 Å². The maximum absolute atomic E-state index is 10.6. The number of hydrogen-bond donors (Lipinski definition) is 2. The van der Waals surface area contributed by atoms with Crippen LogP contribution >= 0.6 is 0 Å². The predicted molar refractivity (Wildman–Crippen MR) is 118 cm³/mol. The van der Waals surface area contributed by atoms with Crippen LogP contribution in [0.2, 0.25) is 0 Å². The Morgan fingerprint density at radius 2 is 1.94 bits per heavy atom. The second-order valence-corrected chi connectivity index (χ2v) is 8.00. The van der Waals surface area contributed by atoms with Crippen molar-refractivity contribution in [2.24, 2.45) is 0 Å². The van der Waals surface area contributed by atoms with Crippen LogP contribution in [0.5, 0.6) is 0 Å². The fraction of sp³-hybridized carbons (Fsp3) is 0.565. The number of unbranched alkanes of at least 4 members (excludes halogenated alkanes) is 3. The first-order valence-electron chi connectivity index (χ1n) is 11.1. The summed E-state index contributed by atoms with van der Waals surface area (Å²) >= 11 is 0. The molecule has 2 heterocycles. The standard InChI is InChI=1S/C21H32N4.C2HF3O2/c1-2-3-4-5-12-24-13-9-20(10-14-24)23-17-19-7-6-8-21(16-19)25-15-11-22-18-25;3-2(4,5)1(6)7/h6-8,11,15-16,18,20,23H,2-5,9-10,12-14,17H2,1H3;(H,6,7). The zero-order chi connectivity index (χ0) is 23.4. The van der Waals surface area contributed by atoms with Crippen molar-refractivity contribution in [1.82, 2.24) is 19.8 Å². The molecule has 0 saturated carbocycles. The molecule has 6 nitrogen and oxygen atoms in total. The van der Waals surface area contributed by atoms with Crippen LogP contribution in [0.25, 0.3) is 5.69 Å². The van der Waals surface area contributed by atoms with E-state index >= 15 is 0 Å². The molecule has 1 fully saturated rings. The van der Waals surface area contributed by atoms with E-state index in [0.29, 0.717) is 6.04 Å². The highest BCUT2D eigenvalue weighted by molar-refractivity contribution is 5.73. The summed E-state index contributed by atoms with van der Waals surface area (Å²) < 4.78 is 33.8. The lowest BCUT2D eigenvalue weighted by Crippen LogP contribution is -2.42. The summed E-state index contributed by atoms with van der Waals surface area (Å²) in [6, 6.07) is 9.37. The molecule has 0 radical (unpaired) electrons. The molecule has 0 bridgehead atoms. The molecule has 2 N–H and O–H groups in total. The van der Waals surface area contributed by atoms with Gasteiger partial charge in [-0.2, -0.15) is 13.2 Å². The predicted octanol–water partition coefficient (Wildman–Crippen LogP) is 4.64. The molecule has 0 unspecified atom stereocenters. The van der Waals surface area contributed by atoms with Gasteiger partial charge in [-0.1, -0.05) is 38.3 Å². The van der Waals surface area contributed by atoms with Gasteiger partial charge in [0.25, 0.3) is 0 Å². The van der Waals surface area contributed by atoms with Crippen LogP contribution in [-0.4, -0.2) is 57.4 Å². The van der Waals surface area contributed by atoms with Crippen LogP contribution in [0.4, 0.5) is 13.2 Å². The van der Waals surface area contributed by atoms with Gasteiger partial charge in [-0.3, -0.25) is 0 Å². The highest BCUT2D eigenvalue weighted by Gasteiger charge is 2.38. The van der Waals surface area contributed by atoms with Crippen molar-refractivity contribution >= 4 is 5.97 Å². The molecule has 9 heteroatoms. The molecular formula is C23H33F3N4O2. The molecule has 1 aliphatic rings. The van der Waals surface area contributed by atoms with Crippen molar-refractivity contribution in [2.45, 2.75) is 64.2 Å². The molecule has 32 heavy (non-hydrogen) atoms. The van der Waals surface area contributed by atoms with Crippen LogP contribution in [0.1, 0.15) is 51.0 Å². The first-order chi connectivity index (χ1) is 15.3. The maximum atomic E-state index is 10.6. The van der Waals surface area contributed by atoms with Gasteiger partial charge in [0.05, 0.1) is 6.33 Å². The number of aromatic nitrogens is 2. The summed E-state index contributed by atoms with van der Waals surface area (Å²) in [6.07, 6.45) is 8.59. The molecule has 0 amide bonds. The first-order valence-corrected chi connectivity index (χ1v) is 11.1. The Morgan fingerprint density at radius 3 is 2.53 bits per heavy atom. The van der Waals surface area contributed by atoms with E-state index < -0.39 is 12.1 Å². The number of nitrogens with one attached hydrogen (secondary N) is 1. The maximum Gasteiger partial charge on any atom is 0.490 e. The van der Waals surface area contributed by atoms with E-state index in [1.165, 1.54) is 69.4 Å². The number of carbonyl (C=O) groups is 1. The number of halogens is 3. The summed E-state index contributed by atoms with van der Waals surface area (Å²) in [7, 11) is 0. The van der Waals surface area contributed by atoms with Gasteiger partial charge in [0, 0.05) is 30.7 Å². The highest BCUT2D eigenvalue weighted by Crippen LogP contribution is 2.15. The molecule has 0 spiro atoms. The third-order valence-corrected chi connectivity index (χ3v) is 5.47. The number of benzene rings is 1. The monoisotopic (exact) mass is 454 g/mol. The smallest absolute Gasteiger partial charge is 0.475 e. The van der Waals surface area contributed by atoms with Crippen molar-refractivity contribution in [2.75, 3.05) is 19.6 Å². The summed E-state index contributed by atoms with van der Waals surface area (Å²) in [5.74, 6) is -2.76. The number of aliphatic carboxylic acids is 1. The Morgan fingerprint density at radius 1 is 1.22 bits per heavy atom. The second-order valence-electron chi connectivity index (χ2n) is 8.00. The van der Waals surface area contributed by atoms with E-state index in [-0.39, 0.29) is 0 Å². The molecule has 3 rings (SSSR count). The van der Waals surface area contributed by atoms with Gasteiger partial charge in [0.1, 0.15) is 0 Å². The number of imidazole rings is 1. The third-order valence-electron chi connectivity index (χ3n) is 5.47. The number of rotatable bonds is 9. The Bertz CT molecular complexity index is 789. The molecule has 2 aromatic rings. The van der Waals surface area contributed by atoms with E-state index in [1.54, 1.807) is 0 Å². The van der Waals surface area contributed by atoms with Gasteiger partial charge in [-0.05, 0) is 56.6 Å². The van der Waals surface area contributed by atoms with Gasteiger partial charge >= 0.3 is 12.1 Å². The van der Waals surface area contributed by atoms with Gasteiger partial charge in [0.2, 0.25) is 0 Å². The van der Waals surface area contributed by atoms with Gasteiger partial charge in [0.15, 0.2) is 0 Å². The number of likely N-dealkylation sites (tertiary alicyclic amines) is 1. The fourth-order valence-electron chi connectivity index (χ4n) is 3.62. The van der Waals surface area contributed by atoms with Crippen LogP contribution in [0.15, 0.2) is 43.0 Å². The second kappa shape index (κ2) is 13.2. The molecule has 1 aromatic carbocycles. The molecule has 1 aromatic heterocycles. The average Bonchev–Trinajstić information content (AvgIpc) is 3.31. The summed E-state index contributed by atoms with van der Waals surface area (Å²) in [6.45, 7) is 7.02. The molecule has 178 valence electrons. The lowest BCUT2D eigenvalue weighted by atomic mass is 10.0. The normalized spacial score (nSPS) is 15.2. The van der Waals surface area contributed by atoms with Crippen LogP contribution in [0, 0.1) is 0 Å². The number of hydrogen-bond acceptors (Lipinski definition) is 4. The summed E-state index contributed by atoms with van der Waals surface area (Å²) in [5, 5.41) is 10.9. The number of alkyl halides is 3. The van der Waals surface area contributed by atoms with Crippen LogP contribution in [0.3, 0.4) is 0 Å². The molecule has 0 atom stereocenters. The van der Waals surface area contributed by atoms with E-state index in [1.807, 2.05) is 18.7 Å². The van der Waals surface area contributed by atoms with Crippen LogP contribution < -0.4 is 5.32 Å². The lowest BCUT2D eigenvalue weighted by Gasteiger charge is -2.32. The van der Waals surface area contributed by atoms with E-state index in [9.17, 15) is 13.2 Å². The minimum absolute atomic E-state index is 0.656. The quantitative estimate of drug-likeness (QED) is 0.540. The van der Waals surface area contributed by atoms with Gasteiger partial charge < -0.3 is 19.9 Å². The van der Waals surface area contributed by atoms with Crippen molar-refractivity contribution in [3.05, 3.63) is 48.5 Å². The molecule has 1 aliphatic heterocycles. The van der Waals surface area contributed by atoms with Crippen molar-refractivity contribution in [1.29, 1.82) is 0 Å². The minimum atomic E-state index is -5.08. The first kappa shape index (κ1) is 25.9. The van der Waals surface area contributed by atoms with Crippen molar-refractivity contribution in [3.8, 4) is 5.69 Å². The summed E-state index contributed by atoms with van der Waals surface area (Å²) in [5.41, 5.74) is 2.52. The summed E-state index contributed by atoms with van der Waals surface area (Å²) in [4.78, 5) is 15.7. The zero-order valence-corrected chi connectivity index (χ0v) is 18.5. The lowest BCUT2D eigenvalue weighted by molar-refractivity contribution is -0.192. The third kappa shape index (κ3) is 9.40. The van der Waals surface area contributed by atoms with Gasteiger partial charge in [-0.15, -0.1) is 0 Å². The van der Waals surface area contributed by atoms with Crippen molar-refractivity contribution < 1.29 is 23.1 Å². The topological polar surface area (TPSA) is 70.4 Å². The Balaban J connectivity index is 0.000000451. The number of piperidine rings is 1. The number of carboxylic acid groups (broad SMARTS) is 1. The molecular weight excluding hydrogens is 421 g/mol. The zero-order valence-electron chi connectivity index (χ0n) is 18.5. The number of nitrogens with zero attached hydrogens (tertiary/aromatic N) is 3. The Hall–Kier alpha value is -2.39. The Labute approximate surface area is 187 Å². The SMILES string of the molecule is CCCCCCN1CCC(NCc2cccc(-n3ccnc3)c2)CC1.O=C(O)C(F)(F)F. The van der Waals surface area contributed by atoms with Crippen molar-refractivity contribution in [3.63, 3.8) is 0 Å². The molecule has 1 saturated heterocycles. The average molecular weight is 455 g/mol. The minimum Gasteiger partial charge on any atom is -0.475 e. The van der Waals surface area contributed by atoms with E-state index in [4.69, 9.17) is 9.90 Å². The number of carboxylic acids is 1. The molecule has 0 aliphatic carbocycles. The van der Waals surface area contributed by atoms with Gasteiger partial charge in [-0.25, -0.2) is 9.78 Å². The fourth-order valence-corrected chi connectivity index (χ4v) is 3.62. The Kier molecular flexibility index (Phi) is 10.7. The highest BCUT2D eigenvalue weighted by atomic mass is 19.4.